The van der Waals surface area contributed by atoms with Crippen molar-refractivity contribution < 1.29 is 22.1 Å². The highest BCUT2D eigenvalue weighted by Gasteiger charge is 2.22. The summed E-state index contributed by atoms with van der Waals surface area (Å²) in [6, 6.07) is 9.35. The van der Waals surface area contributed by atoms with Crippen LogP contribution in [-0.2, 0) is 15.6 Å². The zero-order valence-corrected chi connectivity index (χ0v) is 13.3. The van der Waals surface area contributed by atoms with E-state index < -0.39 is 36.9 Å². The van der Waals surface area contributed by atoms with Gasteiger partial charge in [0.05, 0.1) is 10.7 Å². The molecule has 7 nitrogen and oxygen atoms in total. The summed E-state index contributed by atoms with van der Waals surface area (Å²) in [5.41, 5.74) is -0.997. The molecule has 0 spiro atoms. The van der Waals surface area contributed by atoms with Gasteiger partial charge in [-0.25, -0.2) is 17.6 Å². The van der Waals surface area contributed by atoms with E-state index in [0.29, 0.717) is 5.56 Å². The van der Waals surface area contributed by atoms with Crippen LogP contribution in [0.1, 0.15) is 5.56 Å². The monoisotopic (exact) mass is 363 g/mol. The van der Waals surface area contributed by atoms with Gasteiger partial charge in [0.2, 0.25) is 0 Å². The maximum atomic E-state index is 12.9. The van der Waals surface area contributed by atoms with E-state index in [4.69, 9.17) is 4.42 Å². The van der Waals surface area contributed by atoms with Crippen LogP contribution >= 0.6 is 0 Å². The molecular weight excluding hydrogens is 353 g/mol. The topological polar surface area (TPSA) is 107 Å². The molecule has 1 heterocycles. The Kier molecular flexibility index (Phi) is 4.09. The number of non-ortho nitro benzene ring substituents is 1. The van der Waals surface area contributed by atoms with Crippen LogP contribution in [0.25, 0.3) is 11.0 Å². The van der Waals surface area contributed by atoms with E-state index >= 15 is 0 Å². The van der Waals surface area contributed by atoms with E-state index in [1.54, 1.807) is 0 Å². The summed E-state index contributed by atoms with van der Waals surface area (Å²) < 4.78 is 42.8. The molecular formula is C16H10FNO6S. The third-order valence-electron chi connectivity index (χ3n) is 3.50. The van der Waals surface area contributed by atoms with Gasteiger partial charge >= 0.3 is 5.63 Å². The highest BCUT2D eigenvalue weighted by atomic mass is 32.2. The van der Waals surface area contributed by atoms with E-state index in [9.17, 15) is 27.7 Å². The summed E-state index contributed by atoms with van der Waals surface area (Å²) in [5, 5.41) is 10.9. The zero-order chi connectivity index (χ0) is 18.2. The number of halogens is 1. The maximum absolute atomic E-state index is 12.9. The first-order chi connectivity index (χ1) is 11.8. The van der Waals surface area contributed by atoms with Crippen LogP contribution in [0.4, 0.5) is 10.1 Å². The van der Waals surface area contributed by atoms with Crippen LogP contribution in [0, 0.1) is 15.9 Å². The molecule has 0 unspecified atom stereocenters. The minimum atomic E-state index is -4.08. The van der Waals surface area contributed by atoms with Crippen molar-refractivity contribution >= 4 is 26.5 Å². The Hall–Kier alpha value is -3.07. The van der Waals surface area contributed by atoms with Crippen LogP contribution in [-0.4, -0.2) is 13.3 Å². The molecule has 0 radical (unpaired) electrons. The number of sulfone groups is 1. The first-order valence-electron chi connectivity index (χ1n) is 6.96. The lowest BCUT2D eigenvalue weighted by Gasteiger charge is -2.05. The first-order valence-corrected chi connectivity index (χ1v) is 8.61. The minimum absolute atomic E-state index is 0.0383. The molecule has 0 bridgehead atoms. The lowest BCUT2D eigenvalue weighted by atomic mass is 10.2. The van der Waals surface area contributed by atoms with Crippen LogP contribution < -0.4 is 5.63 Å². The molecule has 0 aliphatic rings. The van der Waals surface area contributed by atoms with Crippen molar-refractivity contribution in [1.82, 2.24) is 0 Å². The van der Waals surface area contributed by atoms with Gasteiger partial charge < -0.3 is 4.42 Å². The number of rotatable bonds is 4. The second-order valence-electron chi connectivity index (χ2n) is 5.26. The van der Waals surface area contributed by atoms with E-state index in [0.717, 1.165) is 30.3 Å². The van der Waals surface area contributed by atoms with Crippen molar-refractivity contribution in [3.63, 3.8) is 0 Å². The van der Waals surface area contributed by atoms with E-state index in [2.05, 4.69) is 0 Å². The Morgan fingerprint density at radius 2 is 1.76 bits per heavy atom. The number of benzene rings is 2. The van der Waals surface area contributed by atoms with Crippen molar-refractivity contribution in [2.45, 2.75) is 10.6 Å². The molecule has 0 aliphatic carbocycles. The van der Waals surface area contributed by atoms with Gasteiger partial charge in [-0.15, -0.1) is 0 Å². The van der Waals surface area contributed by atoms with Crippen LogP contribution in [0.5, 0.6) is 0 Å². The molecule has 2 aromatic carbocycles. The molecule has 0 aliphatic heterocycles. The fraction of sp³-hybridized carbons (Fsp3) is 0.0625. The second-order valence-corrected chi connectivity index (χ2v) is 7.22. The van der Waals surface area contributed by atoms with E-state index in [1.165, 1.54) is 18.2 Å². The summed E-state index contributed by atoms with van der Waals surface area (Å²) in [7, 11) is -4.08. The van der Waals surface area contributed by atoms with Crippen molar-refractivity contribution in [3.8, 4) is 0 Å². The standard InChI is InChI=1S/C16H10FNO6S/c17-12-3-1-10(2-4-12)9-25(22,23)15-8-11-7-13(18(20)21)5-6-14(11)24-16(15)19/h1-8H,9H2. The van der Waals surface area contributed by atoms with Crippen molar-refractivity contribution in [2.75, 3.05) is 0 Å². The minimum Gasteiger partial charge on any atom is -0.422 e. The lowest BCUT2D eigenvalue weighted by molar-refractivity contribution is -0.384. The molecule has 1 aromatic heterocycles. The summed E-state index contributed by atoms with van der Waals surface area (Å²) in [6.07, 6.45) is 0. The Morgan fingerprint density at radius 3 is 2.40 bits per heavy atom. The number of hydrogen-bond donors (Lipinski definition) is 0. The zero-order valence-electron chi connectivity index (χ0n) is 12.5. The fourth-order valence-corrected chi connectivity index (χ4v) is 3.69. The molecule has 0 saturated heterocycles. The van der Waals surface area contributed by atoms with Gasteiger partial charge in [-0.1, -0.05) is 12.1 Å². The molecule has 128 valence electrons. The summed E-state index contributed by atoms with van der Waals surface area (Å²) in [5.74, 6) is -1.04. The van der Waals surface area contributed by atoms with Gasteiger partial charge in [0.25, 0.3) is 5.69 Å². The number of nitrogens with zero attached hydrogens (tertiary/aromatic N) is 1. The largest absolute Gasteiger partial charge is 0.422 e. The van der Waals surface area contributed by atoms with Crippen molar-refractivity contribution in [1.29, 1.82) is 0 Å². The highest BCUT2D eigenvalue weighted by Crippen LogP contribution is 2.23. The summed E-state index contributed by atoms with van der Waals surface area (Å²) in [4.78, 5) is 21.6. The second kappa shape index (κ2) is 6.10. The predicted molar refractivity (Wildman–Crippen MR) is 86.4 cm³/mol. The quantitative estimate of drug-likeness (QED) is 0.401. The summed E-state index contributed by atoms with van der Waals surface area (Å²) in [6.45, 7) is 0. The smallest absolute Gasteiger partial charge is 0.355 e. The average Bonchev–Trinajstić information content (AvgIpc) is 2.55. The first kappa shape index (κ1) is 16.8. The third kappa shape index (κ3) is 3.41. The molecule has 0 N–H and O–H groups in total. The molecule has 0 atom stereocenters. The Morgan fingerprint density at radius 1 is 1.08 bits per heavy atom. The van der Waals surface area contributed by atoms with Gasteiger partial charge in [0.15, 0.2) is 14.7 Å². The van der Waals surface area contributed by atoms with Gasteiger partial charge in [-0.3, -0.25) is 10.1 Å². The van der Waals surface area contributed by atoms with Crippen molar-refractivity contribution in [3.05, 3.63) is 80.4 Å². The third-order valence-corrected chi connectivity index (χ3v) is 5.17. The molecule has 0 fully saturated rings. The van der Waals surface area contributed by atoms with Gasteiger partial charge in [0.1, 0.15) is 11.4 Å². The molecule has 3 aromatic rings. The molecule has 3 rings (SSSR count). The van der Waals surface area contributed by atoms with Crippen LogP contribution in [0.15, 0.2) is 62.6 Å². The maximum Gasteiger partial charge on any atom is 0.355 e. The summed E-state index contributed by atoms with van der Waals surface area (Å²) >= 11 is 0. The Labute approximate surface area is 140 Å². The molecule has 25 heavy (non-hydrogen) atoms. The van der Waals surface area contributed by atoms with Gasteiger partial charge in [-0.2, -0.15) is 0 Å². The fourth-order valence-electron chi connectivity index (χ4n) is 2.30. The average molecular weight is 363 g/mol. The molecule has 0 amide bonds. The Bertz CT molecular complexity index is 1140. The van der Waals surface area contributed by atoms with Gasteiger partial charge in [0, 0.05) is 17.5 Å². The molecule has 0 saturated carbocycles. The number of hydrogen-bond acceptors (Lipinski definition) is 6. The normalized spacial score (nSPS) is 11.6. The lowest BCUT2D eigenvalue weighted by Crippen LogP contribution is -2.15. The number of nitro benzene ring substituents is 1. The van der Waals surface area contributed by atoms with E-state index in [-0.39, 0.29) is 16.7 Å². The van der Waals surface area contributed by atoms with Gasteiger partial charge in [-0.05, 0) is 29.8 Å². The molecule has 9 heteroatoms. The van der Waals surface area contributed by atoms with Crippen molar-refractivity contribution in [2.24, 2.45) is 0 Å². The van der Waals surface area contributed by atoms with Crippen LogP contribution in [0.2, 0.25) is 0 Å². The van der Waals surface area contributed by atoms with E-state index in [1.807, 2.05) is 0 Å². The van der Waals surface area contributed by atoms with Crippen LogP contribution in [0.3, 0.4) is 0 Å². The highest BCUT2D eigenvalue weighted by molar-refractivity contribution is 7.90. The predicted octanol–water partition coefficient (Wildman–Crippen LogP) is 2.81. The Balaban J connectivity index is 2.09. The number of fused-ring (bicyclic) bond motifs is 1. The SMILES string of the molecule is O=c1oc2ccc([N+](=O)[O-])cc2cc1S(=O)(=O)Cc1ccc(F)cc1. The number of nitro groups is 1.